The number of aromatic nitrogens is 1. The maximum absolute atomic E-state index is 12.5. The third-order valence-electron chi connectivity index (χ3n) is 3.24. The Balaban J connectivity index is 1.91. The van der Waals surface area contributed by atoms with Crippen LogP contribution in [0, 0.1) is 6.92 Å². The van der Waals surface area contributed by atoms with Gasteiger partial charge >= 0.3 is 0 Å². The Labute approximate surface area is 137 Å². The summed E-state index contributed by atoms with van der Waals surface area (Å²) in [4.78, 5) is 17.8. The van der Waals surface area contributed by atoms with Crippen LogP contribution in [0.15, 0.2) is 54.0 Å². The lowest BCUT2D eigenvalue weighted by Crippen LogP contribution is -2.13. The van der Waals surface area contributed by atoms with Crippen molar-refractivity contribution in [3.63, 3.8) is 0 Å². The van der Waals surface area contributed by atoms with Crippen molar-refractivity contribution in [2.45, 2.75) is 6.92 Å². The van der Waals surface area contributed by atoms with E-state index in [0.29, 0.717) is 22.0 Å². The topological polar surface area (TPSA) is 42.0 Å². The third kappa shape index (κ3) is 3.03. The van der Waals surface area contributed by atoms with E-state index in [4.69, 9.17) is 11.6 Å². The van der Waals surface area contributed by atoms with Gasteiger partial charge in [0.2, 0.25) is 0 Å². The van der Waals surface area contributed by atoms with Crippen molar-refractivity contribution < 1.29 is 4.79 Å². The number of anilines is 1. The zero-order valence-corrected chi connectivity index (χ0v) is 13.4. The number of carbonyl (C=O) groups is 1. The summed E-state index contributed by atoms with van der Waals surface area (Å²) in [6.07, 6.45) is 1.69. The number of amides is 1. The summed E-state index contributed by atoms with van der Waals surface area (Å²) < 4.78 is 0. The zero-order chi connectivity index (χ0) is 15.5. The lowest BCUT2D eigenvalue weighted by Gasteiger charge is -2.09. The van der Waals surface area contributed by atoms with Crippen LogP contribution < -0.4 is 5.32 Å². The molecule has 3 aromatic rings. The van der Waals surface area contributed by atoms with Gasteiger partial charge in [-0.3, -0.25) is 9.78 Å². The van der Waals surface area contributed by atoms with Gasteiger partial charge in [0, 0.05) is 16.9 Å². The first-order chi connectivity index (χ1) is 10.6. The molecule has 1 N–H and O–H groups in total. The highest BCUT2D eigenvalue weighted by Crippen LogP contribution is 2.27. The molecule has 0 fully saturated rings. The van der Waals surface area contributed by atoms with Crippen molar-refractivity contribution in [3.8, 4) is 10.6 Å². The van der Waals surface area contributed by atoms with Gasteiger partial charge in [-0.15, -0.1) is 11.3 Å². The fourth-order valence-corrected chi connectivity index (χ4v) is 2.98. The highest BCUT2D eigenvalue weighted by atomic mass is 35.5. The number of nitrogens with one attached hydrogen (secondary N) is 1. The predicted molar refractivity (Wildman–Crippen MR) is 91.7 cm³/mol. The minimum absolute atomic E-state index is 0.198. The second-order valence-electron chi connectivity index (χ2n) is 4.79. The van der Waals surface area contributed by atoms with Gasteiger partial charge in [-0.25, -0.2) is 0 Å². The number of rotatable bonds is 3. The number of halogens is 1. The molecule has 3 nitrogen and oxygen atoms in total. The number of pyridine rings is 1. The molecule has 0 radical (unpaired) electrons. The average molecular weight is 329 g/mol. The standard InChI is InChI=1S/C17H13ClN2OS/c1-11-6-7-12(10-14(11)18)20-17(21)13-4-2-8-19-16(13)15-5-3-9-22-15/h2-10H,1H3,(H,20,21). The fourth-order valence-electron chi connectivity index (χ4n) is 2.07. The first kappa shape index (κ1) is 14.8. The summed E-state index contributed by atoms with van der Waals surface area (Å²) >= 11 is 7.65. The quantitative estimate of drug-likeness (QED) is 0.733. The van der Waals surface area contributed by atoms with E-state index < -0.39 is 0 Å². The summed E-state index contributed by atoms with van der Waals surface area (Å²) in [5.41, 5.74) is 2.87. The number of hydrogen-bond donors (Lipinski definition) is 1. The number of nitrogens with zero attached hydrogens (tertiary/aromatic N) is 1. The summed E-state index contributed by atoms with van der Waals surface area (Å²) in [5, 5.41) is 5.46. The van der Waals surface area contributed by atoms with Crippen LogP contribution in [0.3, 0.4) is 0 Å². The van der Waals surface area contributed by atoms with Crippen LogP contribution in [-0.4, -0.2) is 10.9 Å². The summed E-state index contributed by atoms with van der Waals surface area (Å²) in [5.74, 6) is -0.198. The summed E-state index contributed by atoms with van der Waals surface area (Å²) in [6.45, 7) is 1.92. The van der Waals surface area contributed by atoms with Crippen molar-refractivity contribution in [2.75, 3.05) is 5.32 Å². The Kier molecular flexibility index (Phi) is 4.22. The Morgan fingerprint density at radius 2 is 2.09 bits per heavy atom. The van der Waals surface area contributed by atoms with E-state index in [-0.39, 0.29) is 5.91 Å². The Hall–Kier alpha value is -2.17. The van der Waals surface area contributed by atoms with Crippen molar-refractivity contribution in [3.05, 3.63) is 70.2 Å². The van der Waals surface area contributed by atoms with E-state index in [9.17, 15) is 4.79 Å². The van der Waals surface area contributed by atoms with Crippen LogP contribution in [0.1, 0.15) is 15.9 Å². The SMILES string of the molecule is Cc1ccc(NC(=O)c2cccnc2-c2cccs2)cc1Cl. The van der Waals surface area contributed by atoms with Gasteiger partial charge in [-0.2, -0.15) is 0 Å². The predicted octanol–water partition coefficient (Wildman–Crippen LogP) is 5.02. The molecule has 3 rings (SSSR count). The Morgan fingerprint density at radius 1 is 1.23 bits per heavy atom. The molecule has 0 atom stereocenters. The van der Waals surface area contributed by atoms with Gasteiger partial charge in [0.1, 0.15) is 0 Å². The highest BCUT2D eigenvalue weighted by Gasteiger charge is 2.14. The highest BCUT2D eigenvalue weighted by molar-refractivity contribution is 7.13. The molecule has 0 saturated carbocycles. The minimum atomic E-state index is -0.198. The van der Waals surface area contributed by atoms with E-state index in [0.717, 1.165) is 10.4 Å². The molecular weight excluding hydrogens is 316 g/mol. The number of benzene rings is 1. The van der Waals surface area contributed by atoms with Gasteiger partial charge in [-0.05, 0) is 48.2 Å². The monoisotopic (exact) mass is 328 g/mol. The summed E-state index contributed by atoms with van der Waals surface area (Å²) in [6, 6.07) is 12.9. The van der Waals surface area contributed by atoms with Crippen LogP contribution in [0.5, 0.6) is 0 Å². The molecule has 0 aliphatic rings. The normalized spacial score (nSPS) is 10.5. The second-order valence-corrected chi connectivity index (χ2v) is 6.15. The zero-order valence-electron chi connectivity index (χ0n) is 11.8. The number of carbonyl (C=O) groups excluding carboxylic acids is 1. The summed E-state index contributed by atoms with van der Waals surface area (Å²) in [7, 11) is 0. The number of hydrogen-bond acceptors (Lipinski definition) is 3. The molecule has 0 unspecified atom stereocenters. The van der Waals surface area contributed by atoms with Crippen LogP contribution in [-0.2, 0) is 0 Å². The van der Waals surface area contributed by atoms with Gasteiger partial charge < -0.3 is 5.32 Å². The van der Waals surface area contributed by atoms with Crippen LogP contribution >= 0.6 is 22.9 Å². The Morgan fingerprint density at radius 3 is 2.82 bits per heavy atom. The lowest BCUT2D eigenvalue weighted by atomic mass is 10.1. The molecule has 0 aliphatic carbocycles. The minimum Gasteiger partial charge on any atom is -0.322 e. The van der Waals surface area contributed by atoms with E-state index >= 15 is 0 Å². The van der Waals surface area contributed by atoms with Crippen LogP contribution in [0.4, 0.5) is 5.69 Å². The molecular formula is C17H13ClN2OS. The van der Waals surface area contributed by atoms with E-state index in [1.165, 1.54) is 0 Å². The van der Waals surface area contributed by atoms with Gasteiger partial charge in [0.05, 0.1) is 16.1 Å². The first-order valence-corrected chi connectivity index (χ1v) is 7.97. The molecule has 0 bridgehead atoms. The molecule has 0 spiro atoms. The van der Waals surface area contributed by atoms with E-state index in [1.807, 2.05) is 36.6 Å². The third-order valence-corrected chi connectivity index (χ3v) is 4.52. The van der Waals surface area contributed by atoms with Crippen molar-refractivity contribution >= 4 is 34.5 Å². The Bertz CT molecular complexity index is 815. The van der Waals surface area contributed by atoms with E-state index in [1.54, 1.807) is 35.7 Å². The van der Waals surface area contributed by atoms with Gasteiger partial charge in [0.25, 0.3) is 5.91 Å². The lowest BCUT2D eigenvalue weighted by molar-refractivity contribution is 0.102. The van der Waals surface area contributed by atoms with Crippen LogP contribution in [0.25, 0.3) is 10.6 Å². The van der Waals surface area contributed by atoms with Gasteiger partial charge in [-0.1, -0.05) is 23.7 Å². The van der Waals surface area contributed by atoms with Crippen molar-refractivity contribution in [1.82, 2.24) is 4.98 Å². The molecule has 5 heteroatoms. The number of aryl methyl sites for hydroxylation is 1. The molecule has 0 aliphatic heterocycles. The van der Waals surface area contributed by atoms with E-state index in [2.05, 4.69) is 10.3 Å². The maximum Gasteiger partial charge on any atom is 0.257 e. The molecule has 2 aromatic heterocycles. The fraction of sp³-hybridized carbons (Fsp3) is 0.0588. The first-order valence-electron chi connectivity index (χ1n) is 6.71. The molecule has 22 heavy (non-hydrogen) atoms. The molecule has 2 heterocycles. The van der Waals surface area contributed by atoms with Crippen molar-refractivity contribution in [1.29, 1.82) is 0 Å². The maximum atomic E-state index is 12.5. The molecule has 1 amide bonds. The smallest absolute Gasteiger partial charge is 0.257 e. The molecule has 0 saturated heterocycles. The molecule has 1 aromatic carbocycles. The van der Waals surface area contributed by atoms with Crippen molar-refractivity contribution in [2.24, 2.45) is 0 Å². The largest absolute Gasteiger partial charge is 0.322 e. The second kappa shape index (κ2) is 6.30. The number of thiophene rings is 1. The van der Waals surface area contributed by atoms with Crippen LogP contribution in [0.2, 0.25) is 5.02 Å². The average Bonchev–Trinajstić information content (AvgIpc) is 3.05. The molecule has 110 valence electrons. The van der Waals surface area contributed by atoms with Gasteiger partial charge in [0.15, 0.2) is 0 Å².